The van der Waals surface area contributed by atoms with Crippen molar-refractivity contribution in [2.24, 2.45) is 0 Å². The summed E-state index contributed by atoms with van der Waals surface area (Å²) in [5, 5.41) is 3.33. The van der Waals surface area contributed by atoms with Crippen LogP contribution in [0.5, 0.6) is 0 Å². The standard InChI is InChI=1S/C25H31N3/c1-8-9-17(4)25(16(2)3)21-12-23(19(6)27-14-21)18(5)22-13-24-20(7)26-10-11-28(24)15-22/h9,12-15,26H,5,7-8,10-11H2,1-4,6H3/b17-9-. The highest BCUT2D eigenvalue weighted by Gasteiger charge is 2.17. The number of nitrogens with one attached hydrogen (secondary N) is 1. The van der Waals surface area contributed by atoms with Crippen molar-refractivity contribution in [2.75, 3.05) is 6.54 Å². The number of pyridine rings is 1. The van der Waals surface area contributed by atoms with E-state index in [1.807, 2.05) is 6.20 Å². The molecule has 1 N–H and O–H groups in total. The molecule has 146 valence electrons. The highest BCUT2D eigenvalue weighted by atomic mass is 15.1. The van der Waals surface area contributed by atoms with Crippen molar-refractivity contribution >= 4 is 16.8 Å². The maximum Gasteiger partial charge on any atom is 0.0643 e. The van der Waals surface area contributed by atoms with Gasteiger partial charge in [0, 0.05) is 47.9 Å². The first kappa shape index (κ1) is 19.9. The number of aryl methyl sites for hydroxylation is 1. The molecule has 0 saturated heterocycles. The Bertz CT molecular complexity index is 995. The highest BCUT2D eigenvalue weighted by Crippen LogP contribution is 2.32. The Balaban J connectivity index is 2.05. The lowest BCUT2D eigenvalue weighted by Gasteiger charge is -2.18. The summed E-state index contributed by atoms with van der Waals surface area (Å²) in [5.74, 6) is 0. The topological polar surface area (TPSA) is 29.9 Å². The molecule has 0 saturated carbocycles. The summed E-state index contributed by atoms with van der Waals surface area (Å²) >= 11 is 0. The molecule has 0 amide bonds. The van der Waals surface area contributed by atoms with E-state index in [1.165, 1.54) is 16.7 Å². The number of hydrogen-bond donors (Lipinski definition) is 1. The fourth-order valence-electron chi connectivity index (χ4n) is 3.98. The van der Waals surface area contributed by atoms with E-state index in [9.17, 15) is 0 Å². The van der Waals surface area contributed by atoms with Crippen LogP contribution in [0.1, 0.15) is 62.2 Å². The molecule has 2 aromatic rings. The third kappa shape index (κ3) is 3.75. The first-order valence-corrected chi connectivity index (χ1v) is 9.98. The molecule has 0 aliphatic carbocycles. The summed E-state index contributed by atoms with van der Waals surface area (Å²) in [4.78, 5) is 4.71. The fraction of sp³-hybridized carbons (Fsp3) is 0.320. The van der Waals surface area contributed by atoms with E-state index in [1.54, 1.807) is 0 Å². The van der Waals surface area contributed by atoms with Crippen LogP contribution >= 0.6 is 0 Å². The van der Waals surface area contributed by atoms with Crippen LogP contribution in [0.3, 0.4) is 0 Å². The minimum atomic E-state index is 0.912. The molecule has 3 rings (SSSR count). The fourth-order valence-corrected chi connectivity index (χ4v) is 3.98. The second-order valence-electron chi connectivity index (χ2n) is 7.72. The molecular formula is C25H31N3. The van der Waals surface area contributed by atoms with Crippen LogP contribution in [0, 0.1) is 6.92 Å². The van der Waals surface area contributed by atoms with E-state index in [2.05, 4.69) is 82.1 Å². The first-order chi connectivity index (χ1) is 13.3. The molecule has 0 fully saturated rings. The van der Waals surface area contributed by atoms with E-state index in [-0.39, 0.29) is 0 Å². The van der Waals surface area contributed by atoms with Gasteiger partial charge in [-0.3, -0.25) is 4.98 Å². The van der Waals surface area contributed by atoms with Crippen molar-refractivity contribution in [1.29, 1.82) is 0 Å². The Labute approximate surface area is 169 Å². The first-order valence-electron chi connectivity index (χ1n) is 9.98. The molecule has 0 unspecified atom stereocenters. The van der Waals surface area contributed by atoms with Gasteiger partial charge in [-0.1, -0.05) is 31.7 Å². The summed E-state index contributed by atoms with van der Waals surface area (Å²) in [7, 11) is 0. The minimum absolute atomic E-state index is 0.912. The summed E-state index contributed by atoms with van der Waals surface area (Å²) < 4.78 is 2.25. The van der Waals surface area contributed by atoms with Gasteiger partial charge in [-0.25, -0.2) is 0 Å². The smallest absolute Gasteiger partial charge is 0.0643 e. The van der Waals surface area contributed by atoms with Crippen molar-refractivity contribution in [3.63, 3.8) is 0 Å². The maximum absolute atomic E-state index is 4.71. The van der Waals surface area contributed by atoms with Crippen molar-refractivity contribution in [2.45, 2.75) is 47.6 Å². The number of rotatable bonds is 5. The second kappa shape index (κ2) is 8.05. The maximum atomic E-state index is 4.71. The predicted molar refractivity (Wildman–Crippen MR) is 121 cm³/mol. The summed E-state index contributed by atoms with van der Waals surface area (Å²) in [6, 6.07) is 4.41. The van der Waals surface area contributed by atoms with E-state index in [0.717, 1.165) is 58.9 Å². The number of fused-ring (bicyclic) bond motifs is 1. The minimum Gasteiger partial charge on any atom is -0.382 e. The van der Waals surface area contributed by atoms with Crippen molar-refractivity contribution in [3.8, 4) is 0 Å². The average Bonchev–Trinajstić information content (AvgIpc) is 3.08. The normalized spacial score (nSPS) is 13.8. The number of hydrogen-bond acceptors (Lipinski definition) is 2. The van der Waals surface area contributed by atoms with Gasteiger partial charge in [-0.05, 0) is 63.0 Å². The summed E-state index contributed by atoms with van der Waals surface area (Å²) in [6.07, 6.45) is 7.46. The third-order valence-corrected chi connectivity index (χ3v) is 5.35. The molecule has 1 aliphatic heterocycles. The lowest BCUT2D eigenvalue weighted by Crippen LogP contribution is -2.25. The summed E-state index contributed by atoms with van der Waals surface area (Å²) in [5.41, 5.74) is 11.4. The SMILES string of the molecule is C=C(c1cc2n(c1)CCNC2=C)c1cc(C(=C(C)C)/C(C)=C\CC)cnc1C. The summed E-state index contributed by atoms with van der Waals surface area (Å²) in [6.45, 7) is 21.1. The van der Waals surface area contributed by atoms with Gasteiger partial charge in [-0.15, -0.1) is 0 Å². The zero-order valence-electron chi connectivity index (χ0n) is 17.8. The van der Waals surface area contributed by atoms with Crippen molar-refractivity contribution in [1.82, 2.24) is 14.9 Å². The molecule has 2 aromatic heterocycles. The van der Waals surface area contributed by atoms with Gasteiger partial charge >= 0.3 is 0 Å². The zero-order valence-corrected chi connectivity index (χ0v) is 17.8. The van der Waals surface area contributed by atoms with Gasteiger partial charge < -0.3 is 9.88 Å². The Morgan fingerprint density at radius 1 is 1.25 bits per heavy atom. The highest BCUT2D eigenvalue weighted by molar-refractivity contribution is 5.85. The number of nitrogens with zero attached hydrogens (tertiary/aromatic N) is 2. The van der Waals surface area contributed by atoms with Crippen molar-refractivity contribution in [3.05, 3.63) is 83.0 Å². The van der Waals surface area contributed by atoms with E-state index >= 15 is 0 Å². The van der Waals surface area contributed by atoms with E-state index in [4.69, 9.17) is 4.98 Å². The molecule has 1 aliphatic rings. The van der Waals surface area contributed by atoms with Crippen LogP contribution in [0.4, 0.5) is 0 Å². The van der Waals surface area contributed by atoms with Gasteiger partial charge in [0.25, 0.3) is 0 Å². The second-order valence-corrected chi connectivity index (χ2v) is 7.72. The largest absolute Gasteiger partial charge is 0.382 e. The van der Waals surface area contributed by atoms with Gasteiger partial charge in [0.1, 0.15) is 0 Å². The molecular weight excluding hydrogens is 342 g/mol. The van der Waals surface area contributed by atoms with E-state index < -0.39 is 0 Å². The zero-order chi connectivity index (χ0) is 20.4. The Morgan fingerprint density at radius 2 is 2.00 bits per heavy atom. The lowest BCUT2D eigenvalue weighted by molar-refractivity contribution is 0.627. The number of allylic oxidation sites excluding steroid dienone is 4. The van der Waals surface area contributed by atoms with Crippen LogP contribution in [-0.4, -0.2) is 16.1 Å². The Kier molecular flexibility index (Phi) is 5.73. The third-order valence-electron chi connectivity index (χ3n) is 5.35. The molecule has 0 atom stereocenters. The number of aromatic nitrogens is 2. The Hall–Kier alpha value is -2.81. The molecule has 3 nitrogen and oxygen atoms in total. The van der Waals surface area contributed by atoms with Gasteiger partial charge in [0.15, 0.2) is 0 Å². The molecule has 0 radical (unpaired) electrons. The predicted octanol–water partition coefficient (Wildman–Crippen LogP) is 5.98. The van der Waals surface area contributed by atoms with Crippen molar-refractivity contribution < 1.29 is 0 Å². The Morgan fingerprint density at radius 3 is 2.64 bits per heavy atom. The molecule has 3 heterocycles. The van der Waals surface area contributed by atoms with E-state index in [0.29, 0.717) is 0 Å². The molecule has 3 heteroatoms. The van der Waals surface area contributed by atoms with Gasteiger partial charge in [-0.2, -0.15) is 0 Å². The van der Waals surface area contributed by atoms with Crippen LogP contribution < -0.4 is 5.32 Å². The molecule has 0 bridgehead atoms. The van der Waals surface area contributed by atoms with Crippen LogP contribution in [0.2, 0.25) is 0 Å². The average molecular weight is 374 g/mol. The van der Waals surface area contributed by atoms with Crippen LogP contribution in [0.25, 0.3) is 16.8 Å². The van der Waals surface area contributed by atoms with Crippen LogP contribution in [-0.2, 0) is 6.54 Å². The molecule has 0 aromatic carbocycles. The quantitative estimate of drug-likeness (QED) is 0.654. The lowest BCUT2D eigenvalue weighted by atomic mass is 9.92. The van der Waals surface area contributed by atoms with Crippen LogP contribution in [0.15, 0.2) is 54.9 Å². The van der Waals surface area contributed by atoms with Gasteiger partial charge in [0.2, 0.25) is 0 Å². The molecule has 0 spiro atoms. The molecule has 28 heavy (non-hydrogen) atoms. The monoisotopic (exact) mass is 373 g/mol. The van der Waals surface area contributed by atoms with Gasteiger partial charge in [0.05, 0.1) is 11.4 Å².